The molecule has 0 aliphatic carbocycles. The highest BCUT2D eigenvalue weighted by Gasteiger charge is 2.27. The Kier molecular flexibility index (Phi) is 5.47. The Hall–Kier alpha value is -1.70. The van der Waals surface area contributed by atoms with Gasteiger partial charge in [-0.15, -0.1) is 11.3 Å². The molecule has 28 heavy (non-hydrogen) atoms. The number of ether oxygens (including phenoxy) is 1. The molecule has 0 spiro atoms. The summed E-state index contributed by atoms with van der Waals surface area (Å²) in [7, 11) is 0. The summed E-state index contributed by atoms with van der Waals surface area (Å²) >= 11 is 1.85. The van der Waals surface area contributed by atoms with Crippen LogP contribution < -0.4 is 9.80 Å². The van der Waals surface area contributed by atoms with Crippen molar-refractivity contribution in [3.63, 3.8) is 0 Å². The Bertz CT molecular complexity index is 784. The molecule has 3 aliphatic heterocycles. The van der Waals surface area contributed by atoms with Crippen LogP contribution in [0.3, 0.4) is 0 Å². The standard InChI is InChI=1S/C21H29N5OS/c1-2-7-25(8-3-1)20-18-16-24(15-17-5-4-14-28-17)9-6-19(18)22-21(23-20)26-10-12-27-13-11-26/h4-5,14H,1-3,6-13,15-16H2. The molecule has 0 amide bonds. The van der Waals surface area contributed by atoms with Crippen LogP contribution >= 0.6 is 11.3 Å². The lowest BCUT2D eigenvalue weighted by Gasteiger charge is -2.36. The minimum absolute atomic E-state index is 0.772. The number of morpholine rings is 1. The number of aromatic nitrogens is 2. The summed E-state index contributed by atoms with van der Waals surface area (Å²) in [6.07, 6.45) is 4.89. The molecule has 6 nitrogen and oxygen atoms in total. The van der Waals surface area contributed by atoms with Crippen molar-refractivity contribution in [1.29, 1.82) is 0 Å². The first-order chi connectivity index (χ1) is 13.9. The van der Waals surface area contributed by atoms with Crippen LogP contribution in [0.5, 0.6) is 0 Å². The summed E-state index contributed by atoms with van der Waals surface area (Å²) in [6.45, 7) is 8.63. The van der Waals surface area contributed by atoms with Crippen LogP contribution in [0, 0.1) is 0 Å². The quantitative estimate of drug-likeness (QED) is 0.788. The fourth-order valence-corrected chi connectivity index (χ4v) is 5.22. The van der Waals surface area contributed by atoms with Crippen LogP contribution in [0.25, 0.3) is 0 Å². The average molecular weight is 400 g/mol. The number of anilines is 2. The first-order valence-corrected chi connectivity index (χ1v) is 11.5. The molecule has 0 bridgehead atoms. The Morgan fingerprint density at radius 2 is 1.82 bits per heavy atom. The molecular formula is C21H29N5OS. The second kappa shape index (κ2) is 8.35. The van der Waals surface area contributed by atoms with Crippen LogP contribution in [-0.2, 0) is 24.2 Å². The molecule has 5 rings (SSSR count). The summed E-state index contributed by atoms with van der Waals surface area (Å²) in [5, 5.41) is 2.17. The minimum Gasteiger partial charge on any atom is -0.378 e. The summed E-state index contributed by atoms with van der Waals surface area (Å²) < 4.78 is 5.53. The van der Waals surface area contributed by atoms with Gasteiger partial charge in [-0.2, -0.15) is 4.98 Å². The van der Waals surface area contributed by atoms with Crippen molar-refractivity contribution in [1.82, 2.24) is 14.9 Å². The Labute approximate surface area is 171 Å². The van der Waals surface area contributed by atoms with Gasteiger partial charge in [-0.1, -0.05) is 6.07 Å². The van der Waals surface area contributed by atoms with E-state index in [-0.39, 0.29) is 0 Å². The number of hydrogen-bond acceptors (Lipinski definition) is 7. The van der Waals surface area contributed by atoms with Gasteiger partial charge in [-0.3, -0.25) is 4.90 Å². The van der Waals surface area contributed by atoms with Crippen molar-refractivity contribution in [2.45, 2.75) is 38.8 Å². The number of thiophene rings is 1. The highest BCUT2D eigenvalue weighted by atomic mass is 32.1. The zero-order valence-electron chi connectivity index (χ0n) is 16.5. The Morgan fingerprint density at radius 3 is 2.61 bits per heavy atom. The van der Waals surface area contributed by atoms with Crippen molar-refractivity contribution in [3.05, 3.63) is 33.6 Å². The van der Waals surface area contributed by atoms with Gasteiger partial charge in [-0.05, 0) is 30.7 Å². The average Bonchev–Trinajstić information content (AvgIpc) is 3.27. The molecule has 2 aromatic rings. The van der Waals surface area contributed by atoms with Gasteiger partial charge < -0.3 is 14.5 Å². The van der Waals surface area contributed by atoms with Crippen LogP contribution in [-0.4, -0.2) is 60.8 Å². The molecule has 2 aromatic heterocycles. The van der Waals surface area contributed by atoms with Crippen molar-refractivity contribution in [2.75, 3.05) is 55.7 Å². The van der Waals surface area contributed by atoms with Crippen LogP contribution in [0.4, 0.5) is 11.8 Å². The van der Waals surface area contributed by atoms with E-state index in [9.17, 15) is 0 Å². The maximum Gasteiger partial charge on any atom is 0.227 e. The van der Waals surface area contributed by atoms with Gasteiger partial charge in [0.1, 0.15) is 5.82 Å². The molecular weight excluding hydrogens is 370 g/mol. The molecule has 0 unspecified atom stereocenters. The van der Waals surface area contributed by atoms with E-state index in [2.05, 4.69) is 32.2 Å². The number of piperidine rings is 1. The van der Waals surface area contributed by atoms with Crippen molar-refractivity contribution >= 4 is 23.1 Å². The van der Waals surface area contributed by atoms with Gasteiger partial charge in [0.05, 0.1) is 18.9 Å². The van der Waals surface area contributed by atoms with E-state index < -0.39 is 0 Å². The highest BCUT2D eigenvalue weighted by Crippen LogP contribution is 2.31. The molecule has 150 valence electrons. The number of fused-ring (bicyclic) bond motifs is 1. The predicted octanol–water partition coefficient (Wildman–Crippen LogP) is 2.92. The van der Waals surface area contributed by atoms with Gasteiger partial charge in [-0.25, -0.2) is 4.98 Å². The maximum absolute atomic E-state index is 5.53. The molecule has 3 aliphatic rings. The second-order valence-electron chi connectivity index (χ2n) is 7.96. The summed E-state index contributed by atoms with van der Waals surface area (Å²) in [5.41, 5.74) is 2.63. The van der Waals surface area contributed by atoms with E-state index in [1.165, 1.54) is 41.2 Å². The van der Waals surface area contributed by atoms with E-state index in [4.69, 9.17) is 14.7 Å². The van der Waals surface area contributed by atoms with Crippen LogP contribution in [0.2, 0.25) is 0 Å². The van der Waals surface area contributed by atoms with E-state index in [0.717, 1.165) is 71.4 Å². The van der Waals surface area contributed by atoms with Crippen LogP contribution in [0.1, 0.15) is 35.4 Å². The summed E-state index contributed by atoms with van der Waals surface area (Å²) in [6, 6.07) is 4.39. The number of rotatable bonds is 4. The number of nitrogens with zero attached hydrogens (tertiary/aromatic N) is 5. The van der Waals surface area contributed by atoms with E-state index in [1.807, 2.05) is 11.3 Å². The van der Waals surface area contributed by atoms with Gasteiger partial charge in [0, 0.05) is 62.7 Å². The Morgan fingerprint density at radius 1 is 0.964 bits per heavy atom. The third-order valence-electron chi connectivity index (χ3n) is 6.01. The zero-order chi connectivity index (χ0) is 18.8. The maximum atomic E-state index is 5.53. The van der Waals surface area contributed by atoms with Crippen molar-refractivity contribution in [3.8, 4) is 0 Å². The smallest absolute Gasteiger partial charge is 0.227 e. The molecule has 0 aromatic carbocycles. The fraction of sp³-hybridized carbons (Fsp3) is 0.619. The molecule has 7 heteroatoms. The van der Waals surface area contributed by atoms with Crippen molar-refractivity contribution < 1.29 is 4.74 Å². The lowest BCUT2D eigenvalue weighted by Crippen LogP contribution is -2.40. The second-order valence-corrected chi connectivity index (χ2v) is 8.99. The number of hydrogen-bond donors (Lipinski definition) is 0. The predicted molar refractivity (Wildman–Crippen MR) is 113 cm³/mol. The van der Waals surface area contributed by atoms with Crippen LogP contribution in [0.15, 0.2) is 17.5 Å². The van der Waals surface area contributed by atoms with Gasteiger partial charge in [0.15, 0.2) is 0 Å². The zero-order valence-corrected chi connectivity index (χ0v) is 17.3. The SMILES string of the molecule is c1csc(CN2CCc3nc(N4CCOCC4)nc(N4CCCCC4)c3C2)c1. The fourth-order valence-electron chi connectivity index (χ4n) is 4.47. The van der Waals surface area contributed by atoms with Gasteiger partial charge in [0.25, 0.3) is 0 Å². The van der Waals surface area contributed by atoms with E-state index in [1.54, 1.807) is 0 Å². The van der Waals surface area contributed by atoms with E-state index in [0.29, 0.717) is 0 Å². The van der Waals surface area contributed by atoms with Gasteiger partial charge in [0.2, 0.25) is 5.95 Å². The largest absolute Gasteiger partial charge is 0.378 e. The normalized spacial score (nSPS) is 21.0. The molecule has 0 N–H and O–H groups in total. The minimum atomic E-state index is 0.772. The summed E-state index contributed by atoms with van der Waals surface area (Å²) in [4.78, 5) is 19.0. The Balaban J connectivity index is 1.45. The third kappa shape index (κ3) is 3.88. The molecule has 2 saturated heterocycles. The molecule has 0 saturated carbocycles. The summed E-state index contributed by atoms with van der Waals surface area (Å²) in [5.74, 6) is 2.11. The molecule has 0 radical (unpaired) electrons. The lowest BCUT2D eigenvalue weighted by atomic mass is 10.0. The lowest BCUT2D eigenvalue weighted by molar-refractivity contribution is 0.122. The topological polar surface area (TPSA) is 44.7 Å². The van der Waals surface area contributed by atoms with E-state index >= 15 is 0 Å². The van der Waals surface area contributed by atoms with Gasteiger partial charge >= 0.3 is 0 Å². The molecule has 5 heterocycles. The highest BCUT2D eigenvalue weighted by molar-refractivity contribution is 7.09. The van der Waals surface area contributed by atoms with Crippen molar-refractivity contribution in [2.24, 2.45) is 0 Å². The molecule has 0 atom stereocenters. The first kappa shape index (κ1) is 18.3. The third-order valence-corrected chi connectivity index (χ3v) is 6.88. The molecule has 2 fully saturated rings. The monoisotopic (exact) mass is 399 g/mol. The first-order valence-electron chi connectivity index (χ1n) is 10.6.